The van der Waals surface area contributed by atoms with Gasteiger partial charge in [0, 0.05) is 4.88 Å². The monoisotopic (exact) mass is 373 g/mol. The van der Waals surface area contributed by atoms with Gasteiger partial charge in [-0.1, -0.05) is 12.1 Å². The van der Waals surface area contributed by atoms with Gasteiger partial charge in [-0.05, 0) is 62.8 Å². The average molecular weight is 373 g/mol. The first-order valence-electron chi connectivity index (χ1n) is 8.81. The maximum Gasteiger partial charge on any atom is 0.341 e. The van der Waals surface area contributed by atoms with E-state index in [1.165, 1.54) is 16.2 Å². The number of hydrogen-bond donors (Lipinski definition) is 1. The lowest BCUT2D eigenvalue weighted by atomic mass is 10.1. The van der Waals surface area contributed by atoms with Crippen molar-refractivity contribution in [2.24, 2.45) is 0 Å². The molecule has 3 rings (SSSR count). The van der Waals surface area contributed by atoms with Crippen molar-refractivity contribution in [3.8, 4) is 5.75 Å². The molecule has 1 amide bonds. The molecule has 0 spiro atoms. The van der Waals surface area contributed by atoms with Crippen molar-refractivity contribution in [2.75, 3.05) is 18.5 Å². The minimum atomic E-state index is -0.363. The number of esters is 1. The Morgan fingerprint density at radius 1 is 1.23 bits per heavy atom. The Morgan fingerprint density at radius 3 is 2.81 bits per heavy atom. The van der Waals surface area contributed by atoms with Gasteiger partial charge in [0.1, 0.15) is 10.8 Å². The number of hydrogen-bond acceptors (Lipinski definition) is 5. The molecule has 0 bridgehead atoms. The molecular weight excluding hydrogens is 350 g/mol. The molecule has 5 nitrogen and oxygen atoms in total. The molecule has 0 saturated heterocycles. The molecule has 1 aromatic carbocycles. The zero-order valence-electron chi connectivity index (χ0n) is 15.3. The van der Waals surface area contributed by atoms with Gasteiger partial charge in [-0.3, -0.25) is 4.79 Å². The molecule has 1 aromatic heterocycles. The van der Waals surface area contributed by atoms with Crippen LogP contribution in [0, 0.1) is 13.8 Å². The zero-order valence-corrected chi connectivity index (χ0v) is 16.1. The van der Waals surface area contributed by atoms with Gasteiger partial charge in [-0.2, -0.15) is 0 Å². The lowest BCUT2D eigenvalue weighted by Gasteiger charge is -2.11. The summed E-state index contributed by atoms with van der Waals surface area (Å²) in [4.78, 5) is 25.9. The van der Waals surface area contributed by atoms with E-state index in [2.05, 4.69) is 5.32 Å². The smallest absolute Gasteiger partial charge is 0.341 e. The molecule has 6 heteroatoms. The predicted molar refractivity (Wildman–Crippen MR) is 102 cm³/mol. The topological polar surface area (TPSA) is 64.6 Å². The number of ether oxygens (including phenoxy) is 2. The molecule has 1 heterocycles. The van der Waals surface area contributed by atoms with Gasteiger partial charge in [-0.25, -0.2) is 4.79 Å². The summed E-state index contributed by atoms with van der Waals surface area (Å²) in [5.41, 5.74) is 3.67. The zero-order chi connectivity index (χ0) is 18.7. The Kier molecular flexibility index (Phi) is 5.61. The maximum absolute atomic E-state index is 12.4. The highest BCUT2D eigenvalue weighted by molar-refractivity contribution is 7.17. The first-order valence-corrected chi connectivity index (χ1v) is 9.63. The van der Waals surface area contributed by atoms with Gasteiger partial charge in [0.25, 0.3) is 5.91 Å². The van der Waals surface area contributed by atoms with Crippen LogP contribution in [0.5, 0.6) is 5.75 Å². The second kappa shape index (κ2) is 7.91. The molecular formula is C20H23NO4S. The Morgan fingerprint density at radius 2 is 2.04 bits per heavy atom. The van der Waals surface area contributed by atoms with Crippen molar-refractivity contribution in [2.45, 2.75) is 40.0 Å². The van der Waals surface area contributed by atoms with E-state index in [1.807, 2.05) is 32.0 Å². The summed E-state index contributed by atoms with van der Waals surface area (Å²) in [5.74, 6) is 0.0495. The van der Waals surface area contributed by atoms with Crippen LogP contribution in [0.25, 0.3) is 0 Å². The van der Waals surface area contributed by atoms with Gasteiger partial charge in [0.15, 0.2) is 6.61 Å². The molecule has 1 aliphatic rings. The highest BCUT2D eigenvalue weighted by atomic mass is 32.1. The SMILES string of the molecule is CCOC(=O)c1c(NC(=O)COc2cccc(C)c2C)sc2c1CCC2. The predicted octanol–water partition coefficient (Wildman–Crippen LogP) is 4.05. The van der Waals surface area contributed by atoms with E-state index in [-0.39, 0.29) is 18.5 Å². The Balaban J connectivity index is 1.71. The van der Waals surface area contributed by atoms with Crippen LogP contribution in [0.3, 0.4) is 0 Å². The van der Waals surface area contributed by atoms with Gasteiger partial charge in [0.2, 0.25) is 0 Å². The largest absolute Gasteiger partial charge is 0.483 e. The lowest BCUT2D eigenvalue weighted by Crippen LogP contribution is -2.21. The van der Waals surface area contributed by atoms with Crippen LogP contribution in [0.15, 0.2) is 18.2 Å². The van der Waals surface area contributed by atoms with E-state index in [4.69, 9.17) is 9.47 Å². The first kappa shape index (κ1) is 18.5. The average Bonchev–Trinajstić information content (AvgIpc) is 3.17. The Bertz CT molecular complexity index is 841. The van der Waals surface area contributed by atoms with E-state index in [1.54, 1.807) is 6.92 Å². The molecule has 0 radical (unpaired) electrons. The molecule has 2 aromatic rings. The third kappa shape index (κ3) is 3.75. The normalized spacial score (nSPS) is 12.6. The highest BCUT2D eigenvalue weighted by Crippen LogP contribution is 2.39. The molecule has 0 unspecified atom stereocenters. The Hall–Kier alpha value is -2.34. The van der Waals surface area contributed by atoms with Crippen molar-refractivity contribution in [3.63, 3.8) is 0 Å². The van der Waals surface area contributed by atoms with Crippen molar-refractivity contribution in [1.29, 1.82) is 0 Å². The summed E-state index contributed by atoms with van der Waals surface area (Å²) in [7, 11) is 0. The van der Waals surface area contributed by atoms with Crippen molar-refractivity contribution < 1.29 is 19.1 Å². The summed E-state index contributed by atoms with van der Waals surface area (Å²) in [6.07, 6.45) is 2.84. The van der Waals surface area contributed by atoms with Crippen LogP contribution in [-0.2, 0) is 22.4 Å². The lowest BCUT2D eigenvalue weighted by molar-refractivity contribution is -0.118. The second-order valence-corrected chi connectivity index (χ2v) is 7.42. The number of thiophene rings is 1. The third-order valence-corrected chi connectivity index (χ3v) is 5.77. The number of fused-ring (bicyclic) bond motifs is 1. The van der Waals surface area contributed by atoms with Crippen LogP contribution < -0.4 is 10.1 Å². The Labute approximate surface area is 157 Å². The standard InChI is InChI=1S/C20H23NO4S/c1-4-24-20(23)18-14-8-6-10-16(14)26-19(18)21-17(22)11-25-15-9-5-7-12(2)13(15)3/h5,7,9H,4,6,8,10-11H2,1-3H3,(H,21,22). The molecule has 1 N–H and O–H groups in total. The van der Waals surface area contributed by atoms with Gasteiger partial charge >= 0.3 is 5.97 Å². The third-order valence-electron chi connectivity index (χ3n) is 4.57. The number of nitrogens with one attached hydrogen (secondary N) is 1. The van der Waals surface area contributed by atoms with E-state index in [0.717, 1.165) is 36.0 Å². The van der Waals surface area contributed by atoms with Gasteiger partial charge in [0.05, 0.1) is 12.2 Å². The maximum atomic E-state index is 12.4. The highest BCUT2D eigenvalue weighted by Gasteiger charge is 2.28. The van der Waals surface area contributed by atoms with Crippen LogP contribution >= 0.6 is 11.3 Å². The number of aryl methyl sites for hydroxylation is 2. The molecule has 26 heavy (non-hydrogen) atoms. The summed E-state index contributed by atoms with van der Waals surface area (Å²) >= 11 is 1.47. The van der Waals surface area contributed by atoms with Crippen molar-refractivity contribution in [3.05, 3.63) is 45.3 Å². The van der Waals surface area contributed by atoms with Gasteiger partial charge < -0.3 is 14.8 Å². The van der Waals surface area contributed by atoms with Crippen molar-refractivity contribution in [1.82, 2.24) is 0 Å². The van der Waals surface area contributed by atoms with Crippen molar-refractivity contribution >= 4 is 28.2 Å². The summed E-state index contributed by atoms with van der Waals surface area (Å²) in [6.45, 7) is 5.95. The van der Waals surface area contributed by atoms with Crippen LogP contribution in [-0.4, -0.2) is 25.1 Å². The quantitative estimate of drug-likeness (QED) is 0.776. The van der Waals surface area contributed by atoms with E-state index in [0.29, 0.717) is 22.9 Å². The molecule has 1 aliphatic carbocycles. The number of amides is 1. The minimum absolute atomic E-state index is 0.102. The van der Waals surface area contributed by atoms with Gasteiger partial charge in [-0.15, -0.1) is 11.3 Å². The van der Waals surface area contributed by atoms with E-state index < -0.39 is 0 Å². The second-order valence-electron chi connectivity index (χ2n) is 6.32. The fourth-order valence-corrected chi connectivity index (χ4v) is 4.39. The van der Waals surface area contributed by atoms with E-state index in [9.17, 15) is 9.59 Å². The summed E-state index contributed by atoms with van der Waals surface area (Å²) in [6, 6.07) is 5.75. The number of anilines is 1. The molecule has 138 valence electrons. The fourth-order valence-electron chi connectivity index (χ4n) is 3.10. The number of carbonyl (C=O) groups is 2. The van der Waals surface area contributed by atoms with E-state index >= 15 is 0 Å². The number of benzene rings is 1. The van der Waals surface area contributed by atoms with Crippen LogP contribution in [0.2, 0.25) is 0 Å². The minimum Gasteiger partial charge on any atom is -0.483 e. The van der Waals surface area contributed by atoms with Crippen LogP contribution in [0.1, 0.15) is 45.3 Å². The number of carbonyl (C=O) groups excluding carboxylic acids is 2. The molecule has 0 saturated carbocycles. The number of rotatable bonds is 6. The molecule has 0 aliphatic heterocycles. The molecule has 0 fully saturated rings. The molecule has 0 atom stereocenters. The summed E-state index contributed by atoms with van der Waals surface area (Å²) in [5, 5.41) is 3.41. The summed E-state index contributed by atoms with van der Waals surface area (Å²) < 4.78 is 10.8. The fraction of sp³-hybridized carbons (Fsp3) is 0.400. The first-order chi connectivity index (χ1) is 12.5. The van der Waals surface area contributed by atoms with Crippen LogP contribution in [0.4, 0.5) is 5.00 Å².